The van der Waals surface area contributed by atoms with E-state index >= 15 is 0 Å². The van der Waals surface area contributed by atoms with Crippen LogP contribution in [-0.2, 0) is 14.4 Å². The van der Waals surface area contributed by atoms with Crippen LogP contribution in [0.3, 0.4) is 0 Å². The maximum atomic E-state index is 12.1. The van der Waals surface area contributed by atoms with Gasteiger partial charge < -0.3 is 32.7 Å². The van der Waals surface area contributed by atoms with Crippen LogP contribution >= 0.6 is 23.2 Å². The molecule has 1 aromatic rings. The Kier molecular flexibility index (Phi) is 16.3. The summed E-state index contributed by atoms with van der Waals surface area (Å²) in [6, 6.07) is 5.10. The van der Waals surface area contributed by atoms with E-state index in [2.05, 4.69) is 29.7 Å². The molecule has 0 fully saturated rings. The van der Waals surface area contributed by atoms with Gasteiger partial charge in [-0.15, -0.1) is 0 Å². The van der Waals surface area contributed by atoms with E-state index in [1.165, 1.54) is 0 Å². The van der Waals surface area contributed by atoms with Crippen molar-refractivity contribution in [3.8, 4) is 0 Å². The number of aliphatic hydroxyl groups is 1. The van der Waals surface area contributed by atoms with E-state index < -0.39 is 11.6 Å². The van der Waals surface area contributed by atoms with Crippen molar-refractivity contribution < 1.29 is 83.7 Å². The Balaban J connectivity index is 0.00000157. The molecule has 6 rings (SSSR count). The summed E-state index contributed by atoms with van der Waals surface area (Å²) in [4.78, 5) is 42.7. The molecule has 1 unspecified atom stereocenters. The number of aliphatic imine (C=N–C) groups is 3. The van der Waals surface area contributed by atoms with E-state index in [9.17, 15) is 15.0 Å². The number of nitrogens with one attached hydrogen (secondary N) is 3. The molecule has 272 valence electrons. The molecule has 4 N–H and O–H groups in total. The quantitative estimate of drug-likeness (QED) is 0.157. The Labute approximate surface area is 374 Å². The maximum Gasteiger partial charge on any atom is 1.00 e. The van der Waals surface area contributed by atoms with Gasteiger partial charge in [0, 0.05) is 34.0 Å². The Morgan fingerprint density at radius 2 is 1.62 bits per heavy atom. The number of halogens is 2. The SMILES string of the molecule is C=CC1=C(C)C2=CC3=NC(=CC4=NC(=CC5=C(C=CNNc6ccc(Cl)cc6Cl)C(C)(O)C(=CC1=N2)N5)C(C)=C4CCC(=O)[O-])C(C[CH2-])=C3C.O=C=O.[Na+].[Na+]. The number of benzene rings is 1. The van der Waals surface area contributed by atoms with Gasteiger partial charge in [-0.2, -0.15) is 16.0 Å². The van der Waals surface area contributed by atoms with Gasteiger partial charge in [0.25, 0.3) is 0 Å². The summed E-state index contributed by atoms with van der Waals surface area (Å²) >= 11 is 12.4. The number of anilines is 1. The van der Waals surface area contributed by atoms with Crippen molar-refractivity contribution in [2.24, 2.45) is 15.0 Å². The molecule has 0 aromatic heterocycles. The van der Waals surface area contributed by atoms with Gasteiger partial charge in [-0.25, -0.2) is 15.0 Å². The van der Waals surface area contributed by atoms with Crippen molar-refractivity contribution in [2.45, 2.75) is 52.6 Å². The molecule has 0 aliphatic carbocycles. The molecule has 1 aromatic carbocycles. The molecular weight excluding hydrogens is 761 g/mol. The number of allylic oxidation sites excluding steroid dienone is 11. The minimum Gasteiger partial charge on any atom is -0.550 e. The van der Waals surface area contributed by atoms with E-state index in [0.29, 0.717) is 61.9 Å². The summed E-state index contributed by atoms with van der Waals surface area (Å²) < 4.78 is 0. The van der Waals surface area contributed by atoms with E-state index in [1.807, 2.05) is 45.1 Å². The van der Waals surface area contributed by atoms with Crippen molar-refractivity contribution in [1.29, 1.82) is 0 Å². The third kappa shape index (κ3) is 9.87. The average molecular weight is 798 g/mol. The average Bonchev–Trinajstić information content (AvgIpc) is 3.74. The molecule has 0 radical (unpaired) electrons. The molecule has 0 spiro atoms. The standard InChI is InChI=1S/C39H37Cl2N6O3.CO2.2Na/c1-7-24-20(3)30-16-31-21(4)25(8-2)35(45-31)19-37-39(6,50)27(13-14-42-47-29-11-9-23(40)15-28(29)41)36(46-37)17-32-22(5)26(10-12-38(48)49)34(44-32)18-33(24)43-30;2-1-3;;/h8-9,11,13-19,42,46-47,50H,1-2,7,10,12H2,3-6H3,(H,48,49);;;/q-1;;2*+1/p-1. The van der Waals surface area contributed by atoms with Crippen LogP contribution in [0.1, 0.15) is 47.0 Å². The number of fused-ring (bicyclic) bond motifs is 5. The second-order valence-electron chi connectivity index (χ2n) is 12.5. The smallest absolute Gasteiger partial charge is 0.550 e. The van der Waals surface area contributed by atoms with Gasteiger partial charge in [-0.1, -0.05) is 35.9 Å². The molecule has 15 heteroatoms. The van der Waals surface area contributed by atoms with Gasteiger partial charge in [-0.05, 0) is 117 Å². The molecule has 0 saturated heterocycles. The zero-order valence-electron chi connectivity index (χ0n) is 31.5. The number of rotatable bonds is 9. The van der Waals surface area contributed by atoms with Crippen LogP contribution < -0.4 is 80.4 Å². The first-order valence-electron chi connectivity index (χ1n) is 16.5. The van der Waals surface area contributed by atoms with Crippen molar-refractivity contribution >= 4 is 58.1 Å². The van der Waals surface area contributed by atoms with Gasteiger partial charge >= 0.3 is 65.3 Å². The second-order valence-corrected chi connectivity index (χ2v) is 13.4. The van der Waals surface area contributed by atoms with Crippen LogP contribution in [-0.4, -0.2) is 40.0 Å². The normalized spacial score (nSPS) is 19.7. The van der Waals surface area contributed by atoms with Gasteiger partial charge in [0.2, 0.25) is 0 Å². The molecule has 5 aliphatic rings. The summed E-state index contributed by atoms with van der Waals surface area (Å²) in [5, 5.41) is 28.1. The van der Waals surface area contributed by atoms with Gasteiger partial charge in [0.15, 0.2) is 0 Å². The molecule has 0 saturated carbocycles. The first-order chi connectivity index (χ1) is 25.2. The fraction of sp³-hybridized carbons (Fsp3) is 0.200. The predicted octanol–water partition coefficient (Wildman–Crippen LogP) is 0.259. The van der Waals surface area contributed by atoms with Crippen LogP contribution in [0.4, 0.5) is 5.69 Å². The zero-order chi connectivity index (χ0) is 38.6. The molecule has 0 amide bonds. The molecule has 8 bridgehead atoms. The van der Waals surface area contributed by atoms with E-state index in [0.717, 1.165) is 44.8 Å². The molecular formula is C40H36Cl2N6Na2O5. The topological polar surface area (TPSA) is 168 Å². The number of hydrogen-bond acceptors (Lipinski definition) is 11. The summed E-state index contributed by atoms with van der Waals surface area (Å²) in [5.74, 6) is -1.15. The number of carbonyl (C=O) groups excluding carboxylic acids is 3. The zero-order valence-corrected chi connectivity index (χ0v) is 37.0. The third-order valence-electron chi connectivity index (χ3n) is 9.30. The number of hydrazine groups is 1. The van der Waals surface area contributed by atoms with Crippen LogP contribution in [0, 0.1) is 6.92 Å². The minimum atomic E-state index is -1.49. The first kappa shape index (κ1) is 45.8. The monoisotopic (exact) mass is 796 g/mol. The Morgan fingerprint density at radius 1 is 0.982 bits per heavy atom. The van der Waals surface area contributed by atoms with E-state index in [4.69, 9.17) is 47.8 Å². The van der Waals surface area contributed by atoms with Crippen LogP contribution in [0.15, 0.2) is 150 Å². The van der Waals surface area contributed by atoms with E-state index in [1.54, 1.807) is 43.5 Å². The maximum absolute atomic E-state index is 12.1. The number of carbonyl (C=O) groups is 1. The molecule has 11 nitrogen and oxygen atoms in total. The fourth-order valence-electron chi connectivity index (χ4n) is 6.40. The van der Waals surface area contributed by atoms with Crippen molar-refractivity contribution in [1.82, 2.24) is 10.7 Å². The molecule has 5 heterocycles. The predicted molar refractivity (Wildman–Crippen MR) is 205 cm³/mol. The first-order valence-corrected chi connectivity index (χ1v) is 17.2. The molecule has 55 heavy (non-hydrogen) atoms. The number of hydrogen-bond donors (Lipinski definition) is 4. The number of nitrogens with zero attached hydrogens (tertiary/aromatic N) is 3. The minimum absolute atomic E-state index is 0. The van der Waals surface area contributed by atoms with Crippen molar-refractivity contribution in [3.63, 3.8) is 0 Å². The summed E-state index contributed by atoms with van der Waals surface area (Å²) in [6.07, 6.45) is 13.5. The molecule has 1 atom stereocenters. The summed E-state index contributed by atoms with van der Waals surface area (Å²) in [6.45, 7) is 15.8. The Bertz CT molecular complexity index is 2240. The summed E-state index contributed by atoms with van der Waals surface area (Å²) in [7, 11) is 0. The van der Waals surface area contributed by atoms with E-state index in [-0.39, 0.29) is 78.1 Å². The number of carboxylic acids is 1. The Hall–Kier alpha value is -3.58. The number of aliphatic carboxylic acids is 1. The van der Waals surface area contributed by atoms with Gasteiger partial charge in [0.05, 0.1) is 50.6 Å². The summed E-state index contributed by atoms with van der Waals surface area (Å²) in [5.41, 5.74) is 16.2. The second kappa shape index (κ2) is 19.5. The Morgan fingerprint density at radius 3 is 2.25 bits per heavy atom. The molecule has 5 aliphatic heterocycles. The van der Waals surface area contributed by atoms with Gasteiger partial charge in [0.1, 0.15) is 5.60 Å². The van der Waals surface area contributed by atoms with Crippen LogP contribution in [0.5, 0.6) is 0 Å². The fourth-order valence-corrected chi connectivity index (χ4v) is 6.85. The van der Waals surface area contributed by atoms with Crippen molar-refractivity contribution in [3.05, 3.63) is 152 Å². The van der Waals surface area contributed by atoms with Crippen LogP contribution in [0.2, 0.25) is 10.0 Å². The van der Waals surface area contributed by atoms with Gasteiger partial charge in [-0.3, -0.25) is 5.43 Å². The third-order valence-corrected chi connectivity index (χ3v) is 9.85. The largest absolute Gasteiger partial charge is 1.00 e. The van der Waals surface area contributed by atoms with Crippen molar-refractivity contribution in [2.75, 3.05) is 5.43 Å². The number of carboxylic acid groups (broad SMARTS) is 1. The van der Waals surface area contributed by atoms with Crippen LogP contribution in [0.25, 0.3) is 0 Å².